The van der Waals surface area contributed by atoms with Crippen LogP contribution >= 0.6 is 35.0 Å². The van der Waals surface area contributed by atoms with Crippen LogP contribution < -0.4 is 11.1 Å². The molecule has 0 bridgehead atoms. The van der Waals surface area contributed by atoms with Crippen LogP contribution in [0.5, 0.6) is 0 Å². The molecule has 17 heavy (non-hydrogen) atoms. The molecule has 0 saturated heterocycles. The first-order valence-electron chi connectivity index (χ1n) is 5.31. The van der Waals surface area contributed by atoms with E-state index in [1.807, 2.05) is 24.3 Å². The molecule has 3 N–H and O–H groups in total. The summed E-state index contributed by atoms with van der Waals surface area (Å²) in [6.07, 6.45) is 0.705. The normalized spacial score (nSPS) is 11.8. The van der Waals surface area contributed by atoms with Gasteiger partial charge in [0.2, 0.25) is 5.91 Å². The summed E-state index contributed by atoms with van der Waals surface area (Å²) in [6, 6.07) is 7.22. The van der Waals surface area contributed by atoms with Crippen LogP contribution in [0.3, 0.4) is 0 Å². The highest BCUT2D eigenvalue weighted by Gasteiger charge is 2.14. The lowest BCUT2D eigenvalue weighted by Gasteiger charge is -2.14. The van der Waals surface area contributed by atoms with E-state index in [1.54, 1.807) is 0 Å². The van der Waals surface area contributed by atoms with Gasteiger partial charge in [-0.2, -0.15) is 0 Å². The highest BCUT2D eigenvalue weighted by molar-refractivity contribution is 14.1. The molecule has 1 amide bonds. The third-order valence-corrected chi connectivity index (χ3v) is 2.89. The van der Waals surface area contributed by atoms with Crippen molar-refractivity contribution in [2.24, 2.45) is 11.7 Å². The van der Waals surface area contributed by atoms with E-state index in [0.29, 0.717) is 12.3 Å². The fraction of sp³-hybridized carbons (Fsp3) is 0.417. The van der Waals surface area contributed by atoms with Crippen LogP contribution in [0.15, 0.2) is 24.3 Å². The van der Waals surface area contributed by atoms with Gasteiger partial charge >= 0.3 is 0 Å². The van der Waals surface area contributed by atoms with Crippen molar-refractivity contribution in [3.05, 3.63) is 27.8 Å². The average Bonchev–Trinajstić information content (AvgIpc) is 2.20. The second kappa shape index (κ2) is 7.89. The van der Waals surface area contributed by atoms with E-state index < -0.39 is 6.04 Å². The van der Waals surface area contributed by atoms with Crippen molar-refractivity contribution in [2.45, 2.75) is 26.3 Å². The maximum Gasteiger partial charge on any atom is 0.241 e. The van der Waals surface area contributed by atoms with Crippen molar-refractivity contribution in [3.8, 4) is 0 Å². The van der Waals surface area contributed by atoms with E-state index in [4.69, 9.17) is 5.73 Å². The zero-order valence-electron chi connectivity index (χ0n) is 9.94. The molecule has 0 radical (unpaired) electrons. The highest BCUT2D eigenvalue weighted by Crippen LogP contribution is 2.12. The van der Waals surface area contributed by atoms with Crippen molar-refractivity contribution in [1.29, 1.82) is 0 Å². The third kappa shape index (κ3) is 6.24. The summed E-state index contributed by atoms with van der Waals surface area (Å²) < 4.78 is 1.14. The van der Waals surface area contributed by atoms with E-state index in [0.717, 1.165) is 9.26 Å². The SMILES string of the molecule is CC(C)C[C@H](N)C(=O)Nc1ccc(I)cc1.Cl. The lowest BCUT2D eigenvalue weighted by Crippen LogP contribution is -2.36. The molecule has 1 rings (SSSR count). The first-order chi connectivity index (χ1) is 7.49. The molecule has 0 fully saturated rings. The Morgan fingerprint density at radius 3 is 2.35 bits per heavy atom. The largest absolute Gasteiger partial charge is 0.325 e. The van der Waals surface area contributed by atoms with Crippen molar-refractivity contribution in [2.75, 3.05) is 5.32 Å². The topological polar surface area (TPSA) is 55.1 Å². The summed E-state index contributed by atoms with van der Waals surface area (Å²) >= 11 is 2.22. The minimum atomic E-state index is -0.431. The monoisotopic (exact) mass is 368 g/mol. The maximum absolute atomic E-state index is 11.7. The Kier molecular flexibility index (Phi) is 7.74. The third-order valence-electron chi connectivity index (χ3n) is 2.17. The van der Waals surface area contributed by atoms with Crippen LogP contribution in [0.4, 0.5) is 5.69 Å². The molecule has 3 nitrogen and oxygen atoms in total. The standard InChI is InChI=1S/C12H17IN2O.ClH/c1-8(2)7-11(14)12(16)15-10-5-3-9(13)4-6-10;/h3-6,8,11H,7,14H2,1-2H3,(H,15,16);1H/t11-;/m0./s1. The molecule has 0 aliphatic heterocycles. The summed E-state index contributed by atoms with van der Waals surface area (Å²) in [5.74, 6) is 0.312. The Bertz CT molecular complexity index is 354. The molecule has 0 aromatic heterocycles. The fourth-order valence-electron chi connectivity index (χ4n) is 1.38. The number of nitrogens with one attached hydrogen (secondary N) is 1. The summed E-state index contributed by atoms with van der Waals surface area (Å²) in [4.78, 5) is 11.7. The lowest BCUT2D eigenvalue weighted by atomic mass is 10.0. The minimum absolute atomic E-state index is 0. The number of carbonyl (C=O) groups is 1. The second-order valence-electron chi connectivity index (χ2n) is 4.23. The number of carbonyl (C=O) groups excluding carboxylic acids is 1. The van der Waals surface area contributed by atoms with Gasteiger partial charge in [0.1, 0.15) is 0 Å². The number of benzene rings is 1. The van der Waals surface area contributed by atoms with Crippen LogP contribution in [0.2, 0.25) is 0 Å². The number of nitrogens with two attached hydrogens (primary N) is 1. The van der Waals surface area contributed by atoms with Crippen LogP contribution in [0.25, 0.3) is 0 Å². The molecule has 0 spiro atoms. The van der Waals surface area contributed by atoms with Gasteiger partial charge in [0.25, 0.3) is 0 Å². The molecule has 1 aromatic rings. The predicted molar refractivity (Wildman–Crippen MR) is 82.5 cm³/mol. The lowest BCUT2D eigenvalue weighted by molar-refractivity contribution is -0.117. The smallest absolute Gasteiger partial charge is 0.241 e. The Morgan fingerprint density at radius 1 is 1.35 bits per heavy atom. The predicted octanol–water partition coefficient (Wildman–Crippen LogP) is 3.02. The molecule has 1 aromatic carbocycles. The van der Waals surface area contributed by atoms with Gasteiger partial charge in [0, 0.05) is 9.26 Å². The van der Waals surface area contributed by atoms with Crippen LogP contribution in [-0.2, 0) is 4.79 Å². The van der Waals surface area contributed by atoms with Crippen LogP contribution in [-0.4, -0.2) is 11.9 Å². The Hall–Kier alpha value is -0.330. The fourth-order valence-corrected chi connectivity index (χ4v) is 1.74. The molecule has 5 heteroatoms. The summed E-state index contributed by atoms with van der Waals surface area (Å²) in [6.45, 7) is 4.11. The zero-order valence-corrected chi connectivity index (χ0v) is 12.9. The molecule has 0 aliphatic carbocycles. The van der Waals surface area contributed by atoms with Gasteiger partial charge in [-0.1, -0.05) is 13.8 Å². The van der Waals surface area contributed by atoms with E-state index in [-0.39, 0.29) is 18.3 Å². The second-order valence-corrected chi connectivity index (χ2v) is 5.48. The van der Waals surface area contributed by atoms with Gasteiger partial charge in [-0.25, -0.2) is 0 Å². The summed E-state index contributed by atoms with van der Waals surface area (Å²) in [5, 5.41) is 2.81. The molecule has 0 saturated carbocycles. The molecule has 96 valence electrons. The summed E-state index contributed by atoms with van der Waals surface area (Å²) in [7, 11) is 0. The first-order valence-corrected chi connectivity index (χ1v) is 6.39. The highest BCUT2D eigenvalue weighted by atomic mass is 127. The number of amides is 1. The van der Waals surface area contributed by atoms with Gasteiger partial charge in [-0.15, -0.1) is 12.4 Å². The van der Waals surface area contributed by atoms with Gasteiger partial charge in [0.15, 0.2) is 0 Å². The van der Waals surface area contributed by atoms with E-state index >= 15 is 0 Å². The van der Waals surface area contributed by atoms with Gasteiger partial charge in [0.05, 0.1) is 6.04 Å². The minimum Gasteiger partial charge on any atom is -0.325 e. The van der Waals surface area contributed by atoms with Gasteiger partial charge in [-0.3, -0.25) is 4.79 Å². The van der Waals surface area contributed by atoms with Crippen LogP contribution in [0.1, 0.15) is 20.3 Å². The van der Waals surface area contributed by atoms with Crippen molar-refractivity contribution in [3.63, 3.8) is 0 Å². The molecular weight excluding hydrogens is 351 g/mol. The Balaban J connectivity index is 0.00000256. The zero-order chi connectivity index (χ0) is 12.1. The van der Waals surface area contributed by atoms with Crippen molar-refractivity contribution < 1.29 is 4.79 Å². The number of anilines is 1. The van der Waals surface area contributed by atoms with Gasteiger partial charge < -0.3 is 11.1 Å². The Labute approximate surface area is 122 Å². The molecule has 0 heterocycles. The number of halogens is 2. The van der Waals surface area contributed by atoms with E-state index in [1.165, 1.54) is 0 Å². The molecular formula is C12H18ClIN2O. The molecule has 0 unspecified atom stereocenters. The van der Waals surface area contributed by atoms with Crippen molar-refractivity contribution in [1.82, 2.24) is 0 Å². The first kappa shape index (κ1) is 16.7. The van der Waals surface area contributed by atoms with E-state index in [9.17, 15) is 4.79 Å². The number of hydrogen-bond acceptors (Lipinski definition) is 2. The molecule has 0 aliphatic rings. The van der Waals surface area contributed by atoms with E-state index in [2.05, 4.69) is 41.8 Å². The number of rotatable bonds is 4. The van der Waals surface area contributed by atoms with Gasteiger partial charge in [-0.05, 0) is 59.2 Å². The number of hydrogen-bond donors (Lipinski definition) is 2. The quantitative estimate of drug-likeness (QED) is 0.803. The van der Waals surface area contributed by atoms with Crippen molar-refractivity contribution >= 4 is 46.6 Å². The maximum atomic E-state index is 11.7. The summed E-state index contributed by atoms with van der Waals surface area (Å²) in [5.41, 5.74) is 6.58. The average molecular weight is 369 g/mol. The Morgan fingerprint density at radius 2 is 1.88 bits per heavy atom. The molecule has 1 atom stereocenters. The van der Waals surface area contributed by atoms with Crippen LogP contribution in [0, 0.1) is 9.49 Å².